The highest BCUT2D eigenvalue weighted by molar-refractivity contribution is 5.78. The first-order valence-corrected chi connectivity index (χ1v) is 5.61. The van der Waals surface area contributed by atoms with E-state index in [9.17, 15) is 4.79 Å². The highest BCUT2D eigenvalue weighted by Gasteiger charge is 2.33. The third-order valence-corrected chi connectivity index (χ3v) is 2.81. The van der Waals surface area contributed by atoms with Gasteiger partial charge in [0, 0.05) is 6.04 Å². The quantitative estimate of drug-likeness (QED) is 0.851. The van der Waals surface area contributed by atoms with Crippen LogP contribution in [0.15, 0.2) is 24.3 Å². The smallest absolute Gasteiger partial charge is 0.258 e. The van der Waals surface area contributed by atoms with Crippen LogP contribution in [0.4, 0.5) is 0 Å². The summed E-state index contributed by atoms with van der Waals surface area (Å²) in [6.45, 7) is 2.13. The molecule has 1 amide bonds. The molecule has 0 aromatic heterocycles. The van der Waals surface area contributed by atoms with Crippen molar-refractivity contribution in [2.45, 2.75) is 19.4 Å². The molecule has 0 heterocycles. The van der Waals surface area contributed by atoms with Crippen LogP contribution in [-0.2, 0) is 4.79 Å². The average Bonchev–Trinajstić information content (AvgIpc) is 3.03. The number of hydrogen-bond donors (Lipinski definition) is 1. The SMILES string of the molecule is CC1CC1NC(=O)COc1ccc(C#N)cc1. The van der Waals surface area contributed by atoms with Crippen LogP contribution in [0.5, 0.6) is 5.75 Å². The molecule has 0 bridgehead atoms. The molecule has 0 radical (unpaired) electrons. The number of rotatable bonds is 4. The molecule has 17 heavy (non-hydrogen) atoms. The van der Waals surface area contributed by atoms with Crippen molar-refractivity contribution in [2.75, 3.05) is 6.61 Å². The summed E-state index contributed by atoms with van der Waals surface area (Å²) in [5.74, 6) is 1.10. The van der Waals surface area contributed by atoms with Crippen molar-refractivity contribution in [3.05, 3.63) is 29.8 Å². The molecule has 2 rings (SSSR count). The van der Waals surface area contributed by atoms with Gasteiger partial charge < -0.3 is 10.1 Å². The first-order valence-electron chi connectivity index (χ1n) is 5.61. The van der Waals surface area contributed by atoms with E-state index >= 15 is 0 Å². The predicted molar refractivity (Wildman–Crippen MR) is 62.4 cm³/mol. The molecule has 88 valence electrons. The Morgan fingerprint density at radius 1 is 1.53 bits per heavy atom. The van der Waals surface area contributed by atoms with Crippen LogP contribution in [-0.4, -0.2) is 18.6 Å². The summed E-state index contributed by atoms with van der Waals surface area (Å²) in [5, 5.41) is 11.5. The van der Waals surface area contributed by atoms with E-state index < -0.39 is 0 Å². The fourth-order valence-corrected chi connectivity index (χ4v) is 1.55. The van der Waals surface area contributed by atoms with Gasteiger partial charge in [-0.15, -0.1) is 0 Å². The lowest BCUT2D eigenvalue weighted by Gasteiger charge is -2.06. The number of nitrogens with zero attached hydrogens (tertiary/aromatic N) is 1. The van der Waals surface area contributed by atoms with Crippen molar-refractivity contribution >= 4 is 5.91 Å². The van der Waals surface area contributed by atoms with Crippen LogP contribution in [0.25, 0.3) is 0 Å². The zero-order chi connectivity index (χ0) is 12.3. The molecule has 1 N–H and O–H groups in total. The molecule has 4 heteroatoms. The summed E-state index contributed by atoms with van der Waals surface area (Å²) in [5.41, 5.74) is 0.577. The van der Waals surface area contributed by atoms with Crippen LogP contribution in [0.1, 0.15) is 18.9 Å². The molecule has 1 aliphatic carbocycles. The van der Waals surface area contributed by atoms with Crippen LogP contribution in [0.2, 0.25) is 0 Å². The van der Waals surface area contributed by atoms with Crippen molar-refractivity contribution in [1.29, 1.82) is 5.26 Å². The van der Waals surface area contributed by atoms with Gasteiger partial charge in [0.05, 0.1) is 11.6 Å². The van der Waals surface area contributed by atoms with Gasteiger partial charge in [-0.2, -0.15) is 5.26 Å². The van der Waals surface area contributed by atoms with Gasteiger partial charge in [0.1, 0.15) is 5.75 Å². The summed E-state index contributed by atoms with van der Waals surface area (Å²) in [7, 11) is 0. The number of nitrogens with one attached hydrogen (secondary N) is 1. The zero-order valence-electron chi connectivity index (χ0n) is 9.64. The van der Waals surface area contributed by atoms with Gasteiger partial charge in [0.2, 0.25) is 0 Å². The third-order valence-electron chi connectivity index (χ3n) is 2.81. The Balaban J connectivity index is 1.77. The van der Waals surface area contributed by atoms with Crippen molar-refractivity contribution in [1.82, 2.24) is 5.32 Å². The second-order valence-corrected chi connectivity index (χ2v) is 4.31. The summed E-state index contributed by atoms with van der Waals surface area (Å²) in [6, 6.07) is 9.05. The molecule has 1 fully saturated rings. The van der Waals surface area contributed by atoms with E-state index in [0.717, 1.165) is 6.42 Å². The average molecular weight is 230 g/mol. The van der Waals surface area contributed by atoms with Gasteiger partial charge in [0.25, 0.3) is 5.91 Å². The van der Waals surface area contributed by atoms with Gasteiger partial charge in [-0.3, -0.25) is 4.79 Å². The zero-order valence-corrected chi connectivity index (χ0v) is 9.64. The number of nitriles is 1. The number of carbonyl (C=O) groups is 1. The first kappa shape index (κ1) is 11.5. The lowest BCUT2D eigenvalue weighted by molar-refractivity contribution is -0.123. The summed E-state index contributed by atoms with van der Waals surface area (Å²) in [4.78, 5) is 11.4. The van der Waals surface area contributed by atoms with E-state index in [2.05, 4.69) is 12.2 Å². The Bertz CT molecular complexity index is 447. The van der Waals surface area contributed by atoms with Gasteiger partial charge in [-0.25, -0.2) is 0 Å². The van der Waals surface area contributed by atoms with Gasteiger partial charge in [-0.1, -0.05) is 6.92 Å². The molecule has 4 nitrogen and oxygen atoms in total. The minimum absolute atomic E-state index is 0.0229. The monoisotopic (exact) mass is 230 g/mol. The van der Waals surface area contributed by atoms with Crippen LogP contribution >= 0.6 is 0 Å². The Morgan fingerprint density at radius 2 is 2.18 bits per heavy atom. The molecule has 1 aromatic carbocycles. The second kappa shape index (κ2) is 4.88. The van der Waals surface area contributed by atoms with Gasteiger partial charge in [0.15, 0.2) is 6.61 Å². The molecule has 1 aromatic rings. The molecule has 0 spiro atoms. The van der Waals surface area contributed by atoms with E-state index in [1.807, 2.05) is 6.07 Å². The maximum Gasteiger partial charge on any atom is 0.258 e. The molecule has 2 atom stereocenters. The largest absolute Gasteiger partial charge is 0.484 e. The van der Waals surface area contributed by atoms with Crippen molar-refractivity contribution in [3.8, 4) is 11.8 Å². The Morgan fingerprint density at radius 3 is 2.71 bits per heavy atom. The normalized spacial score (nSPS) is 21.4. The van der Waals surface area contributed by atoms with Crippen LogP contribution in [0.3, 0.4) is 0 Å². The topological polar surface area (TPSA) is 62.1 Å². The lowest BCUT2D eigenvalue weighted by atomic mass is 10.2. The molecule has 0 aliphatic heterocycles. The molecule has 2 unspecified atom stereocenters. The molecular formula is C13H14N2O2. The fourth-order valence-electron chi connectivity index (χ4n) is 1.55. The van der Waals surface area contributed by atoms with Crippen molar-refractivity contribution < 1.29 is 9.53 Å². The standard InChI is InChI=1S/C13H14N2O2/c1-9-6-12(9)15-13(16)8-17-11-4-2-10(7-14)3-5-11/h2-5,9,12H,6,8H2,1H3,(H,15,16). The molecule has 1 aliphatic rings. The summed E-state index contributed by atoms with van der Waals surface area (Å²) < 4.78 is 5.31. The van der Waals surface area contributed by atoms with E-state index in [-0.39, 0.29) is 12.5 Å². The minimum Gasteiger partial charge on any atom is -0.484 e. The third kappa shape index (κ3) is 3.22. The Hall–Kier alpha value is -2.02. The molecule has 1 saturated carbocycles. The summed E-state index contributed by atoms with van der Waals surface area (Å²) >= 11 is 0. The predicted octanol–water partition coefficient (Wildman–Crippen LogP) is 1.46. The highest BCUT2D eigenvalue weighted by Crippen LogP contribution is 2.28. The number of hydrogen-bond acceptors (Lipinski definition) is 3. The fraction of sp³-hybridized carbons (Fsp3) is 0.385. The molecular weight excluding hydrogens is 216 g/mol. The van der Waals surface area contributed by atoms with Crippen molar-refractivity contribution in [3.63, 3.8) is 0 Å². The van der Waals surface area contributed by atoms with E-state index in [1.165, 1.54) is 0 Å². The van der Waals surface area contributed by atoms with E-state index in [1.54, 1.807) is 24.3 Å². The number of benzene rings is 1. The second-order valence-electron chi connectivity index (χ2n) is 4.31. The lowest BCUT2D eigenvalue weighted by Crippen LogP contribution is -2.31. The number of amides is 1. The Labute approximate surface area is 100 Å². The van der Waals surface area contributed by atoms with Gasteiger partial charge >= 0.3 is 0 Å². The van der Waals surface area contributed by atoms with E-state index in [4.69, 9.17) is 10.00 Å². The minimum atomic E-state index is -0.0938. The maximum atomic E-state index is 11.4. The maximum absolute atomic E-state index is 11.4. The summed E-state index contributed by atoms with van der Waals surface area (Å²) in [6.07, 6.45) is 1.06. The van der Waals surface area contributed by atoms with Crippen LogP contribution < -0.4 is 10.1 Å². The number of carbonyl (C=O) groups excluding carboxylic acids is 1. The van der Waals surface area contributed by atoms with Crippen molar-refractivity contribution in [2.24, 2.45) is 5.92 Å². The first-order chi connectivity index (χ1) is 8.19. The van der Waals surface area contributed by atoms with E-state index in [0.29, 0.717) is 23.3 Å². The Kier molecular flexibility index (Phi) is 3.29. The highest BCUT2D eigenvalue weighted by atomic mass is 16.5. The molecule has 0 saturated heterocycles. The number of ether oxygens (including phenoxy) is 1. The van der Waals surface area contributed by atoms with Gasteiger partial charge in [-0.05, 0) is 36.6 Å². The van der Waals surface area contributed by atoms with Crippen LogP contribution in [0, 0.1) is 17.2 Å².